The molecule has 24 heavy (non-hydrogen) atoms. The maximum atomic E-state index is 6.48. The van der Waals surface area contributed by atoms with Gasteiger partial charge >= 0.3 is 0 Å². The molecule has 0 aromatic heterocycles. The first kappa shape index (κ1) is 20.5. The summed E-state index contributed by atoms with van der Waals surface area (Å²) in [4.78, 5) is 0. The molecule has 0 unspecified atom stereocenters. The maximum Gasteiger partial charge on any atom is 0.0784 e. The summed E-state index contributed by atoms with van der Waals surface area (Å²) in [7, 11) is 67.6. The Kier molecular flexibility index (Phi) is 4.59. The quantitative estimate of drug-likeness (QED) is 0.583. The molecular weight excluding hydrogens is 299 g/mol. The zero-order valence-electron chi connectivity index (χ0n) is 13.0. The average Bonchev–Trinajstić information content (AvgIpc) is 2.45. The van der Waals surface area contributed by atoms with Crippen molar-refractivity contribution in [1.82, 2.24) is 0 Å². The molecule has 92 valence electrons. The van der Waals surface area contributed by atoms with Crippen LogP contribution >= 0.6 is 11.6 Å². The minimum Gasteiger partial charge on any atom is -0.119 e. The average molecular weight is 303 g/mol. The Hall–Kier alpha value is 0.224. The lowest BCUT2D eigenvalue weighted by molar-refractivity contribution is 0.273. The fraction of sp³-hybridized carbons (Fsp3) is 0.500. The zero-order valence-corrected chi connectivity index (χ0v) is 13.8. The van der Waals surface area contributed by atoms with Crippen LogP contribution in [0.1, 0.15) is 5.56 Å². The van der Waals surface area contributed by atoms with E-state index in [1.54, 1.807) is 0 Å². The van der Waals surface area contributed by atoms with Crippen LogP contribution in [0.2, 0.25) is 31.1 Å². The first-order valence-corrected chi connectivity index (χ1v) is 7.31. The maximum absolute atomic E-state index is 6.48. The summed E-state index contributed by atoms with van der Waals surface area (Å²) in [5.41, 5.74) is 0.248. The third-order valence-corrected chi connectivity index (χ3v) is 5.59. The van der Waals surface area contributed by atoms with Crippen LogP contribution in [0.15, 0.2) is 24.3 Å². The zero-order chi connectivity index (χ0) is 19.0. The first-order chi connectivity index (χ1) is 10.5. The standard InChI is InChI=1S/C12H4B11Cl/c13-7(5-1-3-6(24)4-2-5)8(14,15)10(18,19)12(22,23)11(20,21)9(7,16)17/h1-4H. The van der Waals surface area contributed by atoms with E-state index in [-0.39, 0.29) is 5.56 Å². The predicted octanol–water partition coefficient (Wildman–Crippen LogP) is -1.02. The van der Waals surface area contributed by atoms with Crippen LogP contribution in [0, 0.1) is 0 Å². The predicted molar refractivity (Wildman–Crippen MR) is 110 cm³/mol. The molecule has 1 saturated carbocycles. The van der Waals surface area contributed by atoms with Gasteiger partial charge in [0, 0.05) is 5.02 Å². The summed E-state index contributed by atoms with van der Waals surface area (Å²) in [6.45, 7) is 0. The Labute approximate surface area is 164 Å². The van der Waals surface area contributed by atoms with Crippen LogP contribution in [0.25, 0.3) is 0 Å². The molecule has 1 aromatic rings. The van der Waals surface area contributed by atoms with E-state index >= 15 is 0 Å². The molecule has 1 aromatic carbocycles. The molecule has 0 N–H and O–H groups in total. The highest BCUT2D eigenvalue weighted by atomic mass is 35.5. The van der Waals surface area contributed by atoms with Gasteiger partial charge in [-0.25, -0.2) is 0 Å². The fourth-order valence-electron chi connectivity index (χ4n) is 3.21. The normalized spacial score (nSPS) is 27.9. The van der Waals surface area contributed by atoms with E-state index in [2.05, 4.69) is 0 Å². The van der Waals surface area contributed by atoms with Gasteiger partial charge in [-0.15, -0.1) is 26.1 Å². The van der Waals surface area contributed by atoms with Gasteiger partial charge in [0.15, 0.2) is 0 Å². The summed E-state index contributed by atoms with van der Waals surface area (Å²) in [6.07, 6.45) is 0. The van der Waals surface area contributed by atoms with E-state index in [1.165, 1.54) is 24.3 Å². The number of halogens is 1. The molecule has 1 aliphatic rings. The molecular formula is C12H4B11Cl. The van der Waals surface area contributed by atoms with Gasteiger partial charge in [0.2, 0.25) is 0 Å². The molecule has 0 spiro atoms. The third kappa shape index (κ3) is 2.03. The molecule has 0 aliphatic heterocycles. The van der Waals surface area contributed by atoms with Crippen molar-refractivity contribution in [1.29, 1.82) is 0 Å². The fourth-order valence-corrected chi connectivity index (χ4v) is 3.34. The molecule has 22 radical (unpaired) electrons. The molecule has 0 nitrogen and oxygen atoms in total. The second kappa shape index (κ2) is 5.37. The lowest BCUT2D eigenvalue weighted by Crippen LogP contribution is -2.70. The topological polar surface area (TPSA) is 0 Å². The van der Waals surface area contributed by atoms with E-state index in [1.807, 2.05) is 0 Å². The van der Waals surface area contributed by atoms with Crippen LogP contribution in [0.3, 0.4) is 0 Å². The van der Waals surface area contributed by atoms with Crippen LogP contribution < -0.4 is 0 Å². The van der Waals surface area contributed by atoms with Crippen molar-refractivity contribution < 1.29 is 0 Å². The minimum atomic E-state index is -2.28. The van der Waals surface area contributed by atoms with Crippen molar-refractivity contribution >= 4 is 97.9 Å². The second-order valence-corrected chi connectivity index (χ2v) is 7.10. The van der Waals surface area contributed by atoms with Crippen molar-refractivity contribution in [3.05, 3.63) is 34.9 Å². The van der Waals surface area contributed by atoms with Gasteiger partial charge in [0.1, 0.15) is 0 Å². The van der Waals surface area contributed by atoms with Gasteiger partial charge in [-0.05, 0) is 12.1 Å². The molecule has 12 heteroatoms. The van der Waals surface area contributed by atoms with Gasteiger partial charge < -0.3 is 0 Å². The van der Waals surface area contributed by atoms with Gasteiger partial charge in [-0.1, -0.05) is 34.6 Å². The lowest BCUT2D eigenvalue weighted by atomic mass is 8.96. The summed E-state index contributed by atoms with van der Waals surface area (Å²) in [6, 6.07) is 6.04. The summed E-state index contributed by atoms with van der Waals surface area (Å²) in [5.74, 6) is 0. The first-order valence-electron chi connectivity index (χ1n) is 6.94. The van der Waals surface area contributed by atoms with E-state index in [9.17, 15) is 0 Å². The third-order valence-electron chi connectivity index (χ3n) is 5.34. The van der Waals surface area contributed by atoms with Crippen molar-refractivity contribution in [3.63, 3.8) is 0 Å². The van der Waals surface area contributed by atoms with Crippen molar-refractivity contribution in [2.45, 2.75) is 31.4 Å². The monoisotopic (exact) mass is 304 g/mol. The molecule has 0 heterocycles. The molecule has 0 amide bonds. The smallest absolute Gasteiger partial charge is 0.0784 e. The van der Waals surface area contributed by atoms with Gasteiger partial charge in [-0.3, -0.25) is 0 Å². The number of hydrogen-bond acceptors (Lipinski definition) is 0. The van der Waals surface area contributed by atoms with Crippen LogP contribution in [-0.4, -0.2) is 86.3 Å². The summed E-state index contributed by atoms with van der Waals surface area (Å²) in [5, 5.41) is -12.8. The molecule has 1 fully saturated rings. The van der Waals surface area contributed by atoms with Crippen molar-refractivity contribution in [3.8, 4) is 0 Å². The Morgan fingerprint density at radius 1 is 0.500 bits per heavy atom. The highest BCUT2D eigenvalue weighted by Crippen LogP contribution is 2.83. The van der Waals surface area contributed by atoms with Gasteiger partial charge in [0.25, 0.3) is 0 Å². The Morgan fingerprint density at radius 2 is 0.792 bits per heavy atom. The van der Waals surface area contributed by atoms with Gasteiger partial charge in [0.05, 0.1) is 86.3 Å². The molecule has 2 rings (SSSR count). The largest absolute Gasteiger partial charge is 0.119 e. The van der Waals surface area contributed by atoms with Crippen molar-refractivity contribution in [2.75, 3.05) is 0 Å². The second-order valence-electron chi connectivity index (χ2n) is 6.66. The van der Waals surface area contributed by atoms with E-state index in [0.29, 0.717) is 5.02 Å². The van der Waals surface area contributed by atoms with Crippen LogP contribution in [-0.2, 0) is 5.31 Å². The Bertz CT molecular complexity index is 619. The highest BCUT2D eigenvalue weighted by Gasteiger charge is 2.69. The van der Waals surface area contributed by atoms with E-state index in [4.69, 9.17) is 97.9 Å². The highest BCUT2D eigenvalue weighted by molar-refractivity contribution is 6.72. The SMILES string of the molecule is [B]C1([B])C([B])([B])C([B])([B])C([B])(c2ccc(Cl)cc2)C([B])([B])C1([B])[B]. The van der Waals surface area contributed by atoms with E-state index < -0.39 is 31.4 Å². The molecule has 0 saturated heterocycles. The Balaban J connectivity index is 2.90. The lowest BCUT2D eigenvalue weighted by Gasteiger charge is -2.82. The van der Waals surface area contributed by atoms with Crippen LogP contribution in [0.4, 0.5) is 0 Å². The van der Waals surface area contributed by atoms with Crippen LogP contribution in [0.5, 0.6) is 0 Å². The van der Waals surface area contributed by atoms with E-state index in [0.717, 1.165) is 0 Å². The van der Waals surface area contributed by atoms with Crippen molar-refractivity contribution in [2.24, 2.45) is 0 Å². The number of hydrogen-bond donors (Lipinski definition) is 0. The molecule has 0 bridgehead atoms. The molecule has 1 aliphatic carbocycles. The number of rotatable bonds is 1. The summed E-state index contributed by atoms with van der Waals surface area (Å²) < 4.78 is 0. The Morgan fingerprint density at radius 3 is 1.12 bits per heavy atom. The summed E-state index contributed by atoms with van der Waals surface area (Å²) >= 11 is 5.89. The minimum absolute atomic E-state index is 0.248. The number of benzene rings is 1. The molecule has 0 atom stereocenters. The van der Waals surface area contributed by atoms with Gasteiger partial charge in [-0.2, -0.15) is 0 Å².